The van der Waals surface area contributed by atoms with Gasteiger partial charge in [0.2, 0.25) is 0 Å². The van der Waals surface area contributed by atoms with E-state index in [1.807, 2.05) is 38.1 Å². The summed E-state index contributed by atoms with van der Waals surface area (Å²) in [6.07, 6.45) is 0. The van der Waals surface area contributed by atoms with Crippen LogP contribution in [-0.2, 0) is 20.9 Å². The highest BCUT2D eigenvalue weighted by molar-refractivity contribution is 5.78. The summed E-state index contributed by atoms with van der Waals surface area (Å²) in [7, 11) is 3.04. The molecule has 0 heterocycles. The van der Waals surface area contributed by atoms with Crippen LogP contribution < -0.4 is 5.32 Å². The van der Waals surface area contributed by atoms with Gasteiger partial charge in [-0.25, -0.2) is 4.79 Å². The lowest BCUT2D eigenvalue weighted by Crippen LogP contribution is -2.35. The zero-order chi connectivity index (χ0) is 13.5. The standard InChI is InChI=1S/C14H21NO3/c1-10(2)15-13(14(16)18-4)12-8-6-5-7-11(12)9-17-3/h5-8,10,13,15H,9H2,1-4H3. The van der Waals surface area contributed by atoms with Crippen LogP contribution in [0.5, 0.6) is 0 Å². The molecule has 1 unspecified atom stereocenters. The summed E-state index contributed by atoms with van der Waals surface area (Å²) in [5, 5.41) is 3.22. The summed E-state index contributed by atoms with van der Waals surface area (Å²) in [5.41, 5.74) is 1.89. The Balaban J connectivity index is 3.07. The lowest BCUT2D eigenvalue weighted by Gasteiger charge is -2.21. The van der Waals surface area contributed by atoms with Gasteiger partial charge in [-0.2, -0.15) is 0 Å². The van der Waals surface area contributed by atoms with E-state index in [2.05, 4.69) is 5.32 Å². The van der Waals surface area contributed by atoms with E-state index in [1.54, 1.807) is 7.11 Å². The Hall–Kier alpha value is -1.39. The summed E-state index contributed by atoms with van der Waals surface area (Å²) in [4.78, 5) is 11.9. The van der Waals surface area contributed by atoms with E-state index in [0.29, 0.717) is 6.61 Å². The van der Waals surface area contributed by atoms with Crippen LogP contribution in [0.1, 0.15) is 31.0 Å². The number of esters is 1. The minimum absolute atomic E-state index is 0.185. The number of rotatable bonds is 6. The Labute approximate surface area is 108 Å². The Bertz CT molecular complexity index is 390. The number of hydrogen-bond donors (Lipinski definition) is 1. The Kier molecular flexibility index (Phi) is 5.82. The maximum atomic E-state index is 11.9. The fourth-order valence-corrected chi connectivity index (χ4v) is 1.84. The fourth-order valence-electron chi connectivity index (χ4n) is 1.84. The van der Waals surface area contributed by atoms with E-state index in [0.717, 1.165) is 11.1 Å². The summed E-state index contributed by atoms with van der Waals surface area (Å²) < 4.78 is 10.0. The van der Waals surface area contributed by atoms with Crippen LogP contribution in [-0.4, -0.2) is 26.2 Å². The number of benzene rings is 1. The molecule has 0 saturated heterocycles. The third kappa shape index (κ3) is 3.82. The molecule has 0 amide bonds. The highest BCUT2D eigenvalue weighted by atomic mass is 16.5. The molecule has 0 aliphatic heterocycles. The van der Waals surface area contributed by atoms with Gasteiger partial charge in [-0.3, -0.25) is 5.32 Å². The van der Waals surface area contributed by atoms with Crippen LogP contribution in [0, 0.1) is 0 Å². The van der Waals surface area contributed by atoms with Crippen LogP contribution in [0.4, 0.5) is 0 Å². The zero-order valence-electron chi connectivity index (χ0n) is 11.4. The molecule has 1 N–H and O–H groups in total. The Morgan fingerprint density at radius 2 is 1.94 bits per heavy atom. The summed E-state index contributed by atoms with van der Waals surface area (Å²) in [5.74, 6) is -0.285. The first-order chi connectivity index (χ1) is 8.60. The van der Waals surface area contributed by atoms with Crippen molar-refractivity contribution in [3.8, 4) is 0 Å². The quantitative estimate of drug-likeness (QED) is 0.786. The van der Waals surface area contributed by atoms with Gasteiger partial charge in [-0.05, 0) is 25.0 Å². The molecule has 0 saturated carbocycles. The van der Waals surface area contributed by atoms with Gasteiger partial charge >= 0.3 is 5.97 Å². The van der Waals surface area contributed by atoms with Crippen LogP contribution >= 0.6 is 0 Å². The van der Waals surface area contributed by atoms with Crippen molar-refractivity contribution in [3.63, 3.8) is 0 Å². The molecule has 0 spiro atoms. The van der Waals surface area contributed by atoms with E-state index in [9.17, 15) is 4.79 Å². The highest BCUT2D eigenvalue weighted by Crippen LogP contribution is 2.20. The molecule has 0 bridgehead atoms. The van der Waals surface area contributed by atoms with Crippen molar-refractivity contribution < 1.29 is 14.3 Å². The largest absolute Gasteiger partial charge is 0.468 e. The van der Waals surface area contributed by atoms with Gasteiger partial charge in [0.05, 0.1) is 13.7 Å². The SMILES string of the molecule is COCc1ccccc1C(NC(C)C)C(=O)OC. The molecule has 1 atom stereocenters. The van der Waals surface area contributed by atoms with Crippen molar-refractivity contribution in [1.29, 1.82) is 0 Å². The van der Waals surface area contributed by atoms with Crippen molar-refractivity contribution in [2.75, 3.05) is 14.2 Å². The molecule has 0 fully saturated rings. The highest BCUT2D eigenvalue weighted by Gasteiger charge is 2.24. The second-order valence-electron chi connectivity index (χ2n) is 4.41. The maximum Gasteiger partial charge on any atom is 0.327 e. The van der Waals surface area contributed by atoms with Crippen molar-refractivity contribution in [2.24, 2.45) is 0 Å². The first-order valence-electron chi connectivity index (χ1n) is 6.00. The molecule has 4 nitrogen and oxygen atoms in total. The van der Waals surface area contributed by atoms with E-state index < -0.39 is 6.04 Å². The van der Waals surface area contributed by atoms with Crippen LogP contribution in [0.3, 0.4) is 0 Å². The number of carbonyl (C=O) groups excluding carboxylic acids is 1. The monoisotopic (exact) mass is 251 g/mol. The molecule has 0 aliphatic rings. The van der Waals surface area contributed by atoms with Crippen LogP contribution in [0.25, 0.3) is 0 Å². The molecule has 1 rings (SSSR count). The van der Waals surface area contributed by atoms with Gasteiger partial charge < -0.3 is 9.47 Å². The topological polar surface area (TPSA) is 47.6 Å². The number of carbonyl (C=O) groups is 1. The van der Waals surface area contributed by atoms with E-state index >= 15 is 0 Å². The van der Waals surface area contributed by atoms with Gasteiger partial charge in [0.1, 0.15) is 6.04 Å². The average molecular weight is 251 g/mol. The van der Waals surface area contributed by atoms with E-state index in [4.69, 9.17) is 9.47 Å². The molecule has 4 heteroatoms. The number of methoxy groups -OCH3 is 2. The summed E-state index contributed by atoms with van der Waals surface area (Å²) in [6.45, 7) is 4.47. The minimum atomic E-state index is -0.457. The molecule has 1 aromatic rings. The Morgan fingerprint density at radius 3 is 2.50 bits per heavy atom. The number of hydrogen-bond acceptors (Lipinski definition) is 4. The van der Waals surface area contributed by atoms with Crippen molar-refractivity contribution in [3.05, 3.63) is 35.4 Å². The van der Waals surface area contributed by atoms with Crippen molar-refractivity contribution in [2.45, 2.75) is 32.5 Å². The fraction of sp³-hybridized carbons (Fsp3) is 0.500. The summed E-state index contributed by atoms with van der Waals surface area (Å²) in [6, 6.07) is 7.45. The Morgan fingerprint density at radius 1 is 1.28 bits per heavy atom. The van der Waals surface area contributed by atoms with E-state index in [-0.39, 0.29) is 12.0 Å². The molecule has 1 aromatic carbocycles. The predicted octanol–water partition coefficient (Wildman–Crippen LogP) is 2.05. The van der Waals surface area contributed by atoms with Crippen LogP contribution in [0.2, 0.25) is 0 Å². The third-order valence-electron chi connectivity index (χ3n) is 2.60. The molecule has 0 radical (unpaired) electrons. The van der Waals surface area contributed by atoms with Gasteiger partial charge in [0.25, 0.3) is 0 Å². The molecule has 0 aromatic heterocycles. The average Bonchev–Trinajstić information content (AvgIpc) is 2.36. The first-order valence-corrected chi connectivity index (χ1v) is 6.00. The smallest absolute Gasteiger partial charge is 0.327 e. The van der Waals surface area contributed by atoms with Gasteiger partial charge in [0, 0.05) is 13.2 Å². The third-order valence-corrected chi connectivity index (χ3v) is 2.60. The molecule has 18 heavy (non-hydrogen) atoms. The number of ether oxygens (including phenoxy) is 2. The molecule has 0 aliphatic carbocycles. The number of nitrogens with one attached hydrogen (secondary N) is 1. The minimum Gasteiger partial charge on any atom is -0.468 e. The normalized spacial score (nSPS) is 12.5. The van der Waals surface area contributed by atoms with E-state index in [1.165, 1.54) is 7.11 Å². The zero-order valence-corrected chi connectivity index (χ0v) is 11.4. The lowest BCUT2D eigenvalue weighted by molar-refractivity contribution is -0.143. The predicted molar refractivity (Wildman–Crippen MR) is 70.2 cm³/mol. The van der Waals surface area contributed by atoms with Crippen molar-refractivity contribution >= 4 is 5.97 Å². The second kappa shape index (κ2) is 7.13. The lowest BCUT2D eigenvalue weighted by atomic mass is 10.00. The summed E-state index contributed by atoms with van der Waals surface area (Å²) >= 11 is 0. The molecular weight excluding hydrogens is 230 g/mol. The van der Waals surface area contributed by atoms with Gasteiger partial charge in [0.15, 0.2) is 0 Å². The maximum absolute atomic E-state index is 11.9. The first kappa shape index (κ1) is 14.7. The van der Waals surface area contributed by atoms with Gasteiger partial charge in [-0.15, -0.1) is 0 Å². The molecule has 100 valence electrons. The van der Waals surface area contributed by atoms with Gasteiger partial charge in [-0.1, -0.05) is 24.3 Å². The van der Waals surface area contributed by atoms with Crippen molar-refractivity contribution in [1.82, 2.24) is 5.32 Å². The second-order valence-corrected chi connectivity index (χ2v) is 4.41. The molecular formula is C14H21NO3. The van der Waals surface area contributed by atoms with Crippen LogP contribution in [0.15, 0.2) is 24.3 Å².